The highest BCUT2D eigenvalue weighted by atomic mass is 35.5. The van der Waals surface area contributed by atoms with Gasteiger partial charge in [0.05, 0.1) is 33.9 Å². The van der Waals surface area contributed by atoms with Crippen LogP contribution in [0.15, 0.2) is 66.1 Å². The van der Waals surface area contributed by atoms with E-state index in [2.05, 4.69) is 21.5 Å². The van der Waals surface area contributed by atoms with E-state index in [9.17, 15) is 19.1 Å². The number of carbonyl (C=O) groups is 1. The standard InChI is InChI=1S/C26H22ClFN6O3/c1-2-21(36)32-10-12-33(13-11-32)24-17-14-18(27)23(22-19(28)7-5-8-20(22)35)30-25(17)34(26(37)31-24)15-16-6-3-4-9-29-16/h2-9,14,35H,1,10-13,15H2. The quantitative estimate of drug-likeness (QED) is 0.403. The van der Waals surface area contributed by atoms with E-state index < -0.39 is 11.5 Å². The van der Waals surface area contributed by atoms with E-state index in [4.69, 9.17) is 11.6 Å². The number of fused-ring (bicyclic) bond motifs is 1. The Kier molecular flexibility index (Phi) is 6.58. The van der Waals surface area contributed by atoms with Crippen LogP contribution in [0, 0.1) is 5.82 Å². The number of halogens is 2. The second-order valence-electron chi connectivity index (χ2n) is 8.47. The minimum atomic E-state index is -0.704. The molecule has 1 N–H and O–H groups in total. The van der Waals surface area contributed by atoms with Gasteiger partial charge in [0.1, 0.15) is 23.0 Å². The molecule has 0 atom stereocenters. The Morgan fingerprint density at radius 2 is 1.92 bits per heavy atom. The zero-order chi connectivity index (χ0) is 26.1. The summed E-state index contributed by atoms with van der Waals surface area (Å²) in [6.07, 6.45) is 2.88. The number of anilines is 1. The largest absolute Gasteiger partial charge is 0.507 e. The van der Waals surface area contributed by atoms with Crippen molar-refractivity contribution >= 4 is 34.4 Å². The van der Waals surface area contributed by atoms with Crippen LogP contribution < -0.4 is 10.6 Å². The number of phenols is 1. The van der Waals surface area contributed by atoms with E-state index >= 15 is 0 Å². The molecule has 1 aliphatic heterocycles. The van der Waals surface area contributed by atoms with Crippen LogP contribution in [0.5, 0.6) is 5.75 Å². The first-order valence-corrected chi connectivity index (χ1v) is 11.9. The van der Waals surface area contributed by atoms with Crippen molar-refractivity contribution in [2.24, 2.45) is 0 Å². The van der Waals surface area contributed by atoms with Gasteiger partial charge in [0.15, 0.2) is 0 Å². The first kappa shape index (κ1) is 24.4. The maximum atomic E-state index is 14.7. The normalized spacial score (nSPS) is 13.7. The lowest BCUT2D eigenvalue weighted by Crippen LogP contribution is -2.49. The third-order valence-electron chi connectivity index (χ3n) is 6.23. The molecule has 4 aromatic rings. The molecule has 0 unspecified atom stereocenters. The molecular formula is C26H22ClFN6O3. The zero-order valence-electron chi connectivity index (χ0n) is 19.6. The molecule has 188 valence electrons. The van der Waals surface area contributed by atoms with Gasteiger partial charge in [-0.05, 0) is 36.4 Å². The summed E-state index contributed by atoms with van der Waals surface area (Å²) in [6, 6.07) is 10.8. The van der Waals surface area contributed by atoms with Crippen molar-refractivity contribution in [3.05, 3.63) is 88.3 Å². The molecule has 1 aliphatic rings. The third kappa shape index (κ3) is 4.63. The number of hydrogen-bond donors (Lipinski definition) is 1. The highest BCUT2D eigenvalue weighted by Crippen LogP contribution is 2.37. The Bertz CT molecular complexity index is 1550. The second kappa shape index (κ2) is 9.98. The molecular weight excluding hydrogens is 499 g/mol. The number of phenolic OH excluding ortho intramolecular Hbond substituents is 1. The van der Waals surface area contributed by atoms with E-state index in [1.54, 1.807) is 35.4 Å². The fraction of sp³-hybridized carbons (Fsp3) is 0.192. The SMILES string of the molecule is C=CC(=O)N1CCN(c2nc(=O)n(Cc3ccccn3)c3nc(-c4c(O)cccc4F)c(Cl)cc23)CC1. The Morgan fingerprint density at radius 1 is 1.14 bits per heavy atom. The Balaban J connectivity index is 1.69. The average molecular weight is 521 g/mol. The van der Waals surface area contributed by atoms with Gasteiger partial charge >= 0.3 is 5.69 Å². The molecule has 0 radical (unpaired) electrons. The summed E-state index contributed by atoms with van der Waals surface area (Å²) < 4.78 is 16.1. The van der Waals surface area contributed by atoms with Gasteiger partial charge in [-0.2, -0.15) is 4.98 Å². The summed E-state index contributed by atoms with van der Waals surface area (Å²) in [5.41, 5.74) is 0.0752. The fourth-order valence-corrected chi connectivity index (χ4v) is 4.62. The van der Waals surface area contributed by atoms with Crippen molar-refractivity contribution in [2.45, 2.75) is 6.54 Å². The first-order chi connectivity index (χ1) is 17.9. The van der Waals surface area contributed by atoms with Crippen LogP contribution in [0.3, 0.4) is 0 Å². The van der Waals surface area contributed by atoms with E-state index in [1.165, 1.54) is 28.8 Å². The highest BCUT2D eigenvalue weighted by Gasteiger charge is 2.26. The molecule has 0 saturated carbocycles. The molecule has 3 aromatic heterocycles. The molecule has 1 fully saturated rings. The van der Waals surface area contributed by atoms with E-state index in [1.807, 2.05) is 4.90 Å². The summed E-state index contributed by atoms with van der Waals surface area (Å²) in [4.78, 5) is 42.1. The van der Waals surface area contributed by atoms with Gasteiger partial charge in [-0.3, -0.25) is 14.3 Å². The van der Waals surface area contributed by atoms with Crippen molar-refractivity contribution < 1.29 is 14.3 Å². The lowest BCUT2D eigenvalue weighted by Gasteiger charge is -2.35. The minimum absolute atomic E-state index is 0.00233. The Labute approximate surface area is 216 Å². The Hall–Kier alpha value is -4.31. The smallest absolute Gasteiger partial charge is 0.351 e. The lowest BCUT2D eigenvalue weighted by atomic mass is 10.1. The van der Waals surface area contributed by atoms with Crippen LogP contribution in [-0.2, 0) is 11.3 Å². The summed E-state index contributed by atoms with van der Waals surface area (Å²) >= 11 is 6.58. The maximum absolute atomic E-state index is 14.7. The molecule has 0 bridgehead atoms. The van der Waals surface area contributed by atoms with Gasteiger partial charge in [-0.25, -0.2) is 14.2 Å². The van der Waals surface area contributed by atoms with Crippen molar-refractivity contribution in [3.8, 4) is 17.0 Å². The minimum Gasteiger partial charge on any atom is -0.507 e. The second-order valence-corrected chi connectivity index (χ2v) is 8.87. The van der Waals surface area contributed by atoms with Crippen molar-refractivity contribution in [1.29, 1.82) is 0 Å². The summed E-state index contributed by atoms with van der Waals surface area (Å²) in [6.45, 7) is 5.31. The van der Waals surface area contributed by atoms with Crippen LogP contribution in [0.4, 0.5) is 10.2 Å². The monoisotopic (exact) mass is 520 g/mol. The molecule has 1 amide bonds. The van der Waals surface area contributed by atoms with Crippen LogP contribution in [0.25, 0.3) is 22.3 Å². The van der Waals surface area contributed by atoms with Crippen molar-refractivity contribution in [3.63, 3.8) is 0 Å². The number of aromatic nitrogens is 4. The molecule has 1 saturated heterocycles. The van der Waals surface area contributed by atoms with Crippen LogP contribution in [0.2, 0.25) is 5.02 Å². The molecule has 5 rings (SSSR count). The molecule has 9 nitrogen and oxygen atoms in total. The summed E-state index contributed by atoms with van der Waals surface area (Å²) in [5.74, 6) is -0.835. The van der Waals surface area contributed by atoms with E-state index in [0.717, 1.165) is 0 Å². The number of aromatic hydroxyl groups is 1. The summed E-state index contributed by atoms with van der Waals surface area (Å²) in [7, 11) is 0. The summed E-state index contributed by atoms with van der Waals surface area (Å²) in [5, 5.41) is 10.9. The average Bonchev–Trinajstić information content (AvgIpc) is 2.91. The van der Waals surface area contributed by atoms with E-state index in [-0.39, 0.29) is 40.1 Å². The topological polar surface area (TPSA) is 104 Å². The zero-order valence-corrected chi connectivity index (χ0v) is 20.4. The number of amides is 1. The van der Waals surface area contributed by atoms with Crippen LogP contribution in [-0.4, -0.2) is 61.6 Å². The van der Waals surface area contributed by atoms with E-state index in [0.29, 0.717) is 43.1 Å². The number of pyridine rings is 2. The van der Waals surface area contributed by atoms with Crippen LogP contribution in [0.1, 0.15) is 5.69 Å². The molecule has 0 spiro atoms. The molecule has 1 aromatic carbocycles. The predicted octanol–water partition coefficient (Wildman–Crippen LogP) is 3.23. The van der Waals surface area contributed by atoms with Gasteiger partial charge < -0.3 is 14.9 Å². The number of benzene rings is 1. The fourth-order valence-electron chi connectivity index (χ4n) is 4.38. The third-order valence-corrected chi connectivity index (χ3v) is 6.51. The van der Waals surface area contributed by atoms with Crippen molar-refractivity contribution in [2.75, 3.05) is 31.1 Å². The van der Waals surface area contributed by atoms with Gasteiger partial charge in [0, 0.05) is 32.4 Å². The number of nitrogens with zero attached hydrogens (tertiary/aromatic N) is 6. The van der Waals surface area contributed by atoms with Gasteiger partial charge in [0.2, 0.25) is 5.91 Å². The molecule has 11 heteroatoms. The number of carbonyl (C=O) groups excluding carboxylic acids is 1. The van der Waals surface area contributed by atoms with Crippen molar-refractivity contribution in [1.82, 2.24) is 24.4 Å². The molecule has 37 heavy (non-hydrogen) atoms. The van der Waals surface area contributed by atoms with Crippen LogP contribution >= 0.6 is 11.6 Å². The highest BCUT2D eigenvalue weighted by molar-refractivity contribution is 6.34. The Morgan fingerprint density at radius 3 is 2.59 bits per heavy atom. The first-order valence-electron chi connectivity index (χ1n) is 11.5. The number of hydrogen-bond acceptors (Lipinski definition) is 7. The maximum Gasteiger partial charge on any atom is 0.351 e. The number of rotatable bonds is 5. The predicted molar refractivity (Wildman–Crippen MR) is 138 cm³/mol. The van der Waals surface area contributed by atoms with Gasteiger partial charge in [-0.15, -0.1) is 0 Å². The van der Waals surface area contributed by atoms with Gasteiger partial charge in [0.25, 0.3) is 0 Å². The molecule has 4 heterocycles. The number of piperazine rings is 1. The lowest BCUT2D eigenvalue weighted by molar-refractivity contribution is -0.126. The van der Waals surface area contributed by atoms with Gasteiger partial charge in [-0.1, -0.05) is 30.3 Å². The molecule has 0 aliphatic carbocycles.